The number of carbonyl (C=O) groups excluding carboxylic acids is 3. The van der Waals surface area contributed by atoms with Crippen LogP contribution in [-0.4, -0.2) is 55.1 Å². The fourth-order valence-corrected chi connectivity index (χ4v) is 9.36. The highest BCUT2D eigenvalue weighted by Gasteiger charge is 2.32. The highest BCUT2D eigenvalue weighted by atomic mass is 33.3. The van der Waals surface area contributed by atoms with E-state index in [9.17, 15) is 18.9 Å². The molecule has 12 heteroatoms. The van der Waals surface area contributed by atoms with Crippen LogP contribution in [0, 0.1) is 5.92 Å². The zero-order valence-corrected chi connectivity index (χ0v) is 23.2. The van der Waals surface area contributed by atoms with Crippen molar-refractivity contribution < 1.29 is 32.9 Å². The molecule has 192 valence electrons. The standard InChI is InChI=1S/C22H35N2O7PS2/c1-8-30-32(28,16-12-10-9-11-13-16)34-33-14-17(23-21(27)31-22(4,5)6)19(25)24-18(15(2)3)20(26)29-7/h9-13,15,17-18H,8,14H2,1-7H3,(H,23,27)(H,24,25)/t17-,18-,32?/m0/s1. The van der Waals surface area contributed by atoms with Crippen LogP contribution in [0.5, 0.6) is 0 Å². The fraction of sp³-hybridized carbons (Fsp3) is 0.591. The maximum Gasteiger partial charge on any atom is 0.408 e. The summed E-state index contributed by atoms with van der Waals surface area (Å²) >= 11 is 0. The number of hydrogen-bond acceptors (Lipinski definition) is 9. The van der Waals surface area contributed by atoms with E-state index in [2.05, 4.69) is 10.6 Å². The van der Waals surface area contributed by atoms with Crippen molar-refractivity contribution in [2.75, 3.05) is 19.5 Å². The summed E-state index contributed by atoms with van der Waals surface area (Å²) in [5, 5.41) is 5.72. The van der Waals surface area contributed by atoms with Crippen LogP contribution in [0.3, 0.4) is 0 Å². The SMILES string of the molecule is CCOP(=O)(SSC[C@H](NC(=O)OC(C)(C)C)C(=O)N[C@H](C(=O)OC)C(C)C)c1ccccc1. The normalized spacial score (nSPS) is 15.1. The number of rotatable bonds is 12. The Balaban J connectivity index is 3.01. The lowest BCUT2D eigenvalue weighted by Crippen LogP contribution is -2.54. The average Bonchev–Trinajstić information content (AvgIpc) is 2.75. The van der Waals surface area contributed by atoms with E-state index in [1.54, 1.807) is 65.8 Å². The number of amides is 2. The number of hydrogen-bond donors (Lipinski definition) is 2. The number of ether oxygens (including phenoxy) is 2. The molecule has 0 saturated heterocycles. The molecular formula is C22H35N2O7PS2. The molecule has 0 aliphatic carbocycles. The molecule has 0 saturated carbocycles. The van der Waals surface area contributed by atoms with Gasteiger partial charge in [0, 0.05) is 21.5 Å². The van der Waals surface area contributed by atoms with Crippen molar-refractivity contribution in [2.24, 2.45) is 5.92 Å². The van der Waals surface area contributed by atoms with Crippen molar-refractivity contribution in [1.29, 1.82) is 0 Å². The molecule has 34 heavy (non-hydrogen) atoms. The molecule has 0 bridgehead atoms. The van der Waals surface area contributed by atoms with Crippen molar-refractivity contribution >= 4 is 51.1 Å². The topological polar surface area (TPSA) is 120 Å². The maximum absolute atomic E-state index is 13.4. The molecule has 0 aliphatic heterocycles. The van der Waals surface area contributed by atoms with Crippen molar-refractivity contribution in [3.05, 3.63) is 30.3 Å². The summed E-state index contributed by atoms with van der Waals surface area (Å²) in [5.41, 5.74) is -0.766. The van der Waals surface area contributed by atoms with E-state index < -0.39 is 42.2 Å². The minimum absolute atomic E-state index is 0.0473. The predicted octanol–water partition coefficient (Wildman–Crippen LogP) is 4.13. The number of methoxy groups -OCH3 is 1. The summed E-state index contributed by atoms with van der Waals surface area (Å²) < 4.78 is 29.0. The Bertz CT molecular complexity index is 863. The average molecular weight is 535 g/mol. The molecule has 1 aromatic carbocycles. The van der Waals surface area contributed by atoms with E-state index in [0.29, 0.717) is 5.30 Å². The third kappa shape index (κ3) is 10.3. The summed E-state index contributed by atoms with van der Waals surface area (Å²) in [6, 6.07) is 6.83. The van der Waals surface area contributed by atoms with Crippen molar-refractivity contribution in [1.82, 2.24) is 10.6 Å². The Hall–Kier alpha value is -1.68. The number of esters is 1. The van der Waals surface area contributed by atoms with Gasteiger partial charge in [0.15, 0.2) is 0 Å². The summed E-state index contributed by atoms with van der Waals surface area (Å²) in [6.45, 7) is 7.38. The highest BCUT2D eigenvalue weighted by Crippen LogP contribution is 2.63. The molecular weight excluding hydrogens is 499 g/mol. The van der Waals surface area contributed by atoms with E-state index in [4.69, 9.17) is 14.0 Å². The Morgan fingerprint density at radius 2 is 1.71 bits per heavy atom. The largest absolute Gasteiger partial charge is 0.467 e. The smallest absolute Gasteiger partial charge is 0.408 e. The molecule has 0 spiro atoms. The molecule has 1 rings (SSSR count). The lowest BCUT2D eigenvalue weighted by atomic mass is 10.0. The Morgan fingerprint density at radius 1 is 1.09 bits per heavy atom. The number of alkyl carbamates (subject to hydrolysis) is 1. The van der Waals surface area contributed by atoms with Crippen LogP contribution in [0.25, 0.3) is 0 Å². The maximum atomic E-state index is 13.4. The van der Waals surface area contributed by atoms with Crippen LogP contribution < -0.4 is 15.9 Å². The second-order valence-electron chi connectivity index (χ2n) is 8.56. The Morgan fingerprint density at radius 3 is 2.21 bits per heavy atom. The summed E-state index contributed by atoms with van der Waals surface area (Å²) in [7, 11) is 3.37. The van der Waals surface area contributed by atoms with Gasteiger partial charge in [-0.25, -0.2) is 9.59 Å². The van der Waals surface area contributed by atoms with Gasteiger partial charge < -0.3 is 24.6 Å². The molecule has 3 atom stereocenters. The lowest BCUT2D eigenvalue weighted by Gasteiger charge is -2.26. The molecule has 1 aromatic rings. The van der Waals surface area contributed by atoms with Crippen LogP contribution >= 0.6 is 27.8 Å². The van der Waals surface area contributed by atoms with Gasteiger partial charge in [-0.3, -0.25) is 9.36 Å². The molecule has 1 unspecified atom stereocenters. The van der Waals surface area contributed by atoms with Gasteiger partial charge in [-0.2, -0.15) is 0 Å². The minimum Gasteiger partial charge on any atom is -0.467 e. The van der Waals surface area contributed by atoms with Crippen LogP contribution in [0.15, 0.2) is 30.3 Å². The first-order valence-electron chi connectivity index (χ1n) is 10.8. The van der Waals surface area contributed by atoms with Gasteiger partial charge in [-0.15, -0.1) is 0 Å². The zero-order chi connectivity index (χ0) is 25.9. The summed E-state index contributed by atoms with van der Waals surface area (Å²) in [4.78, 5) is 37.5. The van der Waals surface area contributed by atoms with Crippen LogP contribution in [0.2, 0.25) is 0 Å². The Kier molecular flexibility index (Phi) is 12.5. The quantitative estimate of drug-likeness (QED) is 0.232. The number of benzene rings is 1. The van der Waals surface area contributed by atoms with Gasteiger partial charge >= 0.3 is 12.1 Å². The van der Waals surface area contributed by atoms with E-state index in [1.165, 1.54) is 7.11 Å². The number of nitrogens with one attached hydrogen (secondary N) is 2. The lowest BCUT2D eigenvalue weighted by molar-refractivity contribution is -0.146. The predicted molar refractivity (Wildman–Crippen MR) is 137 cm³/mol. The molecule has 9 nitrogen and oxygen atoms in total. The van der Waals surface area contributed by atoms with E-state index in [-0.39, 0.29) is 18.3 Å². The van der Waals surface area contributed by atoms with Gasteiger partial charge in [0.1, 0.15) is 17.7 Å². The third-order valence-corrected chi connectivity index (χ3v) is 11.5. The third-order valence-electron chi connectivity index (χ3n) is 4.18. The van der Waals surface area contributed by atoms with E-state index in [1.807, 2.05) is 6.07 Å². The van der Waals surface area contributed by atoms with Crippen molar-refractivity contribution in [2.45, 2.75) is 59.2 Å². The monoisotopic (exact) mass is 534 g/mol. The van der Waals surface area contributed by atoms with Crippen LogP contribution in [0.4, 0.5) is 4.79 Å². The number of carbonyl (C=O) groups is 3. The van der Waals surface area contributed by atoms with Crippen LogP contribution in [-0.2, 0) is 28.2 Å². The molecule has 0 radical (unpaired) electrons. The molecule has 0 heterocycles. The van der Waals surface area contributed by atoms with Crippen LogP contribution in [0.1, 0.15) is 41.5 Å². The van der Waals surface area contributed by atoms with Gasteiger partial charge in [-0.05, 0) is 45.7 Å². The first kappa shape index (κ1) is 30.4. The molecule has 0 aliphatic rings. The Labute approximate surface area is 209 Å². The van der Waals surface area contributed by atoms with Gasteiger partial charge in [0.2, 0.25) is 5.91 Å². The van der Waals surface area contributed by atoms with Crippen molar-refractivity contribution in [3.63, 3.8) is 0 Å². The van der Waals surface area contributed by atoms with Gasteiger partial charge in [-0.1, -0.05) is 42.8 Å². The molecule has 0 aromatic heterocycles. The molecule has 2 amide bonds. The molecule has 2 N–H and O–H groups in total. The van der Waals surface area contributed by atoms with E-state index in [0.717, 1.165) is 21.2 Å². The highest BCUT2D eigenvalue weighted by molar-refractivity contribution is 9.00. The molecule has 0 fully saturated rings. The summed E-state index contributed by atoms with van der Waals surface area (Å²) in [6.07, 6.45) is -0.784. The van der Waals surface area contributed by atoms with Gasteiger partial charge in [0.25, 0.3) is 6.57 Å². The second-order valence-corrected chi connectivity index (χ2v) is 15.0. The zero-order valence-electron chi connectivity index (χ0n) is 20.7. The fourth-order valence-electron chi connectivity index (χ4n) is 2.60. The second kappa shape index (κ2) is 14.0. The minimum atomic E-state index is -3.26. The van der Waals surface area contributed by atoms with Crippen molar-refractivity contribution in [3.8, 4) is 0 Å². The summed E-state index contributed by atoms with van der Waals surface area (Å²) in [5.74, 6) is -1.37. The first-order chi connectivity index (χ1) is 15.8. The first-order valence-corrected chi connectivity index (χ1v) is 15.4. The van der Waals surface area contributed by atoms with Gasteiger partial charge in [0.05, 0.1) is 13.7 Å². The van der Waals surface area contributed by atoms with E-state index >= 15 is 0 Å².